The molecule has 1 aromatic carbocycles. The number of para-hydroxylation sites is 1. The third kappa shape index (κ3) is 2.56. The molecular formula is C15H19N3O2S. The van der Waals surface area contributed by atoms with Gasteiger partial charge >= 0.3 is 0 Å². The molecule has 3 N–H and O–H groups in total. The first-order chi connectivity index (χ1) is 10.1. The predicted octanol–water partition coefficient (Wildman–Crippen LogP) is 2.00. The first-order valence-electron chi connectivity index (χ1n) is 7.11. The summed E-state index contributed by atoms with van der Waals surface area (Å²) in [4.78, 5) is 3.19. The lowest BCUT2D eigenvalue weighted by Crippen LogP contribution is -2.31. The lowest BCUT2D eigenvalue weighted by molar-refractivity contribution is 0.589. The fourth-order valence-corrected chi connectivity index (χ4v) is 4.28. The van der Waals surface area contributed by atoms with Crippen molar-refractivity contribution >= 4 is 15.7 Å². The highest BCUT2D eigenvalue weighted by Gasteiger charge is 2.28. The van der Waals surface area contributed by atoms with Crippen LogP contribution >= 0.6 is 0 Å². The second kappa shape index (κ2) is 5.54. The summed E-state index contributed by atoms with van der Waals surface area (Å²) in [5, 5.41) is 0. The normalized spacial score (nSPS) is 15.6. The molecule has 21 heavy (non-hydrogen) atoms. The number of benzene rings is 1. The summed E-state index contributed by atoms with van der Waals surface area (Å²) in [6.07, 6.45) is 4.31. The number of fused-ring (bicyclic) bond motifs is 1. The molecule has 0 amide bonds. The van der Waals surface area contributed by atoms with Crippen LogP contribution in [0.3, 0.4) is 0 Å². The van der Waals surface area contributed by atoms with Crippen molar-refractivity contribution in [1.82, 2.24) is 4.98 Å². The zero-order valence-electron chi connectivity index (χ0n) is 11.7. The Morgan fingerprint density at radius 3 is 2.81 bits per heavy atom. The molecule has 1 aromatic heterocycles. The molecule has 0 saturated carbocycles. The minimum atomic E-state index is -3.54. The molecule has 0 aliphatic carbocycles. The minimum absolute atomic E-state index is 0.277. The zero-order chi connectivity index (χ0) is 14.9. The molecule has 2 aromatic rings. The largest absolute Gasteiger partial charge is 0.363 e. The van der Waals surface area contributed by atoms with E-state index in [0.717, 1.165) is 36.2 Å². The van der Waals surface area contributed by atoms with Gasteiger partial charge in [-0.25, -0.2) is 8.42 Å². The predicted molar refractivity (Wildman–Crippen MR) is 82.6 cm³/mol. The summed E-state index contributed by atoms with van der Waals surface area (Å²) in [6, 6.07) is 9.34. The Hall–Kier alpha value is -1.79. The second-order valence-corrected chi connectivity index (χ2v) is 7.09. The molecule has 0 spiro atoms. The van der Waals surface area contributed by atoms with Crippen molar-refractivity contribution in [3.63, 3.8) is 0 Å². The van der Waals surface area contributed by atoms with Crippen LogP contribution in [0.1, 0.15) is 24.1 Å². The smallest absolute Gasteiger partial charge is 0.265 e. The number of H-pyrrole nitrogens is 1. The van der Waals surface area contributed by atoms with E-state index in [1.807, 2.05) is 24.3 Å². The van der Waals surface area contributed by atoms with Crippen molar-refractivity contribution < 1.29 is 8.42 Å². The van der Waals surface area contributed by atoms with E-state index >= 15 is 0 Å². The third-order valence-electron chi connectivity index (χ3n) is 3.84. The number of nitrogens with two attached hydrogens (primary N) is 1. The average molecular weight is 305 g/mol. The fourth-order valence-electron chi connectivity index (χ4n) is 2.72. The van der Waals surface area contributed by atoms with Crippen molar-refractivity contribution in [2.75, 3.05) is 10.8 Å². The molecule has 0 bridgehead atoms. The van der Waals surface area contributed by atoms with Crippen LogP contribution < -0.4 is 10.0 Å². The van der Waals surface area contributed by atoms with E-state index in [2.05, 4.69) is 4.98 Å². The third-order valence-corrected chi connectivity index (χ3v) is 5.63. The van der Waals surface area contributed by atoms with Crippen LogP contribution in [0.4, 0.5) is 5.69 Å². The standard InChI is InChI=1S/C15H19N3O2S/c16-10-13-9-14(11-17-13)21(19,20)18-8-4-3-6-12-5-1-2-7-15(12)18/h1-2,5,7,9,11,17H,3-4,6,8,10,16H2. The molecule has 6 heteroatoms. The summed E-state index contributed by atoms with van der Waals surface area (Å²) in [5.74, 6) is 0. The zero-order valence-corrected chi connectivity index (χ0v) is 12.6. The molecule has 5 nitrogen and oxygen atoms in total. The summed E-state index contributed by atoms with van der Waals surface area (Å²) in [5.41, 5.74) is 8.15. The number of nitrogens with one attached hydrogen (secondary N) is 1. The lowest BCUT2D eigenvalue weighted by Gasteiger charge is -2.23. The first kappa shape index (κ1) is 14.2. The van der Waals surface area contributed by atoms with E-state index in [4.69, 9.17) is 5.73 Å². The monoisotopic (exact) mass is 305 g/mol. The van der Waals surface area contributed by atoms with Crippen molar-refractivity contribution in [3.05, 3.63) is 47.8 Å². The molecule has 0 saturated heterocycles. The van der Waals surface area contributed by atoms with Crippen molar-refractivity contribution in [3.8, 4) is 0 Å². The van der Waals surface area contributed by atoms with E-state index in [1.54, 1.807) is 6.07 Å². The minimum Gasteiger partial charge on any atom is -0.363 e. The fraction of sp³-hybridized carbons (Fsp3) is 0.333. The molecule has 0 atom stereocenters. The van der Waals surface area contributed by atoms with Gasteiger partial charge in [0, 0.05) is 25.0 Å². The molecule has 0 fully saturated rings. The number of hydrogen-bond donors (Lipinski definition) is 2. The number of rotatable bonds is 3. The summed E-state index contributed by atoms with van der Waals surface area (Å²) in [7, 11) is -3.54. The van der Waals surface area contributed by atoms with Crippen LogP contribution in [0.2, 0.25) is 0 Å². The number of anilines is 1. The van der Waals surface area contributed by atoms with Crippen LogP contribution in [0.15, 0.2) is 41.4 Å². The van der Waals surface area contributed by atoms with Crippen LogP contribution in [0, 0.1) is 0 Å². The molecule has 112 valence electrons. The van der Waals surface area contributed by atoms with Gasteiger partial charge in [0.15, 0.2) is 0 Å². The Balaban J connectivity index is 2.06. The number of aromatic nitrogens is 1. The molecule has 2 heterocycles. The molecular weight excluding hydrogens is 286 g/mol. The highest BCUT2D eigenvalue weighted by atomic mass is 32.2. The van der Waals surface area contributed by atoms with Gasteiger partial charge in [0.25, 0.3) is 10.0 Å². The Kier molecular flexibility index (Phi) is 3.73. The Labute approximate surface area is 124 Å². The summed E-state index contributed by atoms with van der Waals surface area (Å²) >= 11 is 0. The highest BCUT2D eigenvalue weighted by molar-refractivity contribution is 7.92. The van der Waals surface area contributed by atoms with E-state index in [9.17, 15) is 8.42 Å². The van der Waals surface area contributed by atoms with Crippen LogP contribution in [0.25, 0.3) is 0 Å². The van der Waals surface area contributed by atoms with Gasteiger partial charge in [0.2, 0.25) is 0 Å². The van der Waals surface area contributed by atoms with Gasteiger partial charge in [-0.1, -0.05) is 18.2 Å². The van der Waals surface area contributed by atoms with E-state index in [-0.39, 0.29) is 4.90 Å². The molecule has 0 radical (unpaired) electrons. The number of aryl methyl sites for hydroxylation is 1. The molecule has 1 aliphatic rings. The Bertz CT molecular complexity index is 737. The Morgan fingerprint density at radius 2 is 2.05 bits per heavy atom. The quantitative estimate of drug-likeness (QED) is 0.910. The van der Waals surface area contributed by atoms with Gasteiger partial charge in [-0.15, -0.1) is 0 Å². The van der Waals surface area contributed by atoms with Crippen molar-refractivity contribution in [1.29, 1.82) is 0 Å². The van der Waals surface area contributed by atoms with Gasteiger partial charge in [-0.05, 0) is 37.0 Å². The van der Waals surface area contributed by atoms with Gasteiger partial charge in [-0.2, -0.15) is 0 Å². The molecule has 3 rings (SSSR count). The first-order valence-corrected chi connectivity index (χ1v) is 8.55. The second-order valence-electron chi connectivity index (χ2n) is 5.23. The van der Waals surface area contributed by atoms with E-state index in [1.165, 1.54) is 10.5 Å². The SMILES string of the molecule is NCc1cc(S(=O)(=O)N2CCCCc3ccccc32)c[nH]1. The van der Waals surface area contributed by atoms with Gasteiger partial charge in [-0.3, -0.25) is 4.31 Å². The number of nitrogens with zero attached hydrogens (tertiary/aromatic N) is 1. The molecule has 1 aliphatic heterocycles. The Morgan fingerprint density at radius 1 is 1.24 bits per heavy atom. The maximum absolute atomic E-state index is 12.9. The molecule has 0 unspecified atom stereocenters. The van der Waals surface area contributed by atoms with Gasteiger partial charge in [0.05, 0.1) is 5.69 Å². The highest BCUT2D eigenvalue weighted by Crippen LogP contribution is 2.31. The number of hydrogen-bond acceptors (Lipinski definition) is 3. The van der Waals surface area contributed by atoms with E-state index in [0.29, 0.717) is 13.1 Å². The summed E-state index contributed by atoms with van der Waals surface area (Å²) in [6.45, 7) is 0.814. The van der Waals surface area contributed by atoms with Crippen LogP contribution in [0.5, 0.6) is 0 Å². The maximum Gasteiger partial charge on any atom is 0.265 e. The number of sulfonamides is 1. The summed E-state index contributed by atoms with van der Waals surface area (Å²) < 4.78 is 27.3. The topological polar surface area (TPSA) is 79.2 Å². The van der Waals surface area contributed by atoms with Gasteiger partial charge < -0.3 is 10.7 Å². The average Bonchev–Trinajstić information content (AvgIpc) is 2.87. The lowest BCUT2D eigenvalue weighted by atomic mass is 10.1. The maximum atomic E-state index is 12.9. The number of aromatic amines is 1. The van der Waals surface area contributed by atoms with Gasteiger partial charge in [0.1, 0.15) is 4.90 Å². The van der Waals surface area contributed by atoms with Crippen LogP contribution in [-0.4, -0.2) is 19.9 Å². The van der Waals surface area contributed by atoms with Crippen LogP contribution in [-0.2, 0) is 23.0 Å². The van der Waals surface area contributed by atoms with Crippen molar-refractivity contribution in [2.45, 2.75) is 30.7 Å². The van der Waals surface area contributed by atoms with Crippen molar-refractivity contribution in [2.24, 2.45) is 5.73 Å². The van der Waals surface area contributed by atoms with E-state index < -0.39 is 10.0 Å².